The average Bonchev–Trinajstić information content (AvgIpc) is 2.80. The van der Waals surface area contributed by atoms with Gasteiger partial charge in [0.25, 0.3) is 5.91 Å². The highest BCUT2D eigenvalue weighted by Crippen LogP contribution is 2.34. The second kappa shape index (κ2) is 8.16. The summed E-state index contributed by atoms with van der Waals surface area (Å²) in [6.07, 6.45) is 2.55. The Morgan fingerprint density at radius 1 is 1.42 bits per heavy atom. The van der Waals surface area contributed by atoms with Crippen LogP contribution in [0.5, 0.6) is 11.5 Å². The minimum absolute atomic E-state index is 0.239. The molecule has 0 radical (unpaired) electrons. The molecule has 8 heteroatoms. The molecule has 6 nitrogen and oxygen atoms in total. The van der Waals surface area contributed by atoms with Gasteiger partial charge in [-0.3, -0.25) is 14.5 Å². The maximum absolute atomic E-state index is 12.2. The Morgan fingerprint density at radius 3 is 2.79 bits per heavy atom. The SMILES string of the molecule is CCCOc1ccc(C=C2SC(=S)N(CC(=O)O)C2=O)cc1OC. The molecule has 0 unspecified atom stereocenters. The largest absolute Gasteiger partial charge is 0.493 e. The molecule has 0 saturated carbocycles. The summed E-state index contributed by atoms with van der Waals surface area (Å²) in [7, 11) is 1.55. The van der Waals surface area contributed by atoms with Crippen LogP contribution in [0.25, 0.3) is 6.08 Å². The highest BCUT2D eigenvalue weighted by atomic mass is 32.2. The number of hydrogen-bond acceptors (Lipinski definition) is 6. The first-order chi connectivity index (χ1) is 11.5. The number of carbonyl (C=O) groups is 2. The zero-order valence-electron chi connectivity index (χ0n) is 13.3. The van der Waals surface area contributed by atoms with Gasteiger partial charge in [0.05, 0.1) is 18.6 Å². The number of hydrogen-bond donors (Lipinski definition) is 1. The summed E-state index contributed by atoms with van der Waals surface area (Å²) in [6.45, 7) is 2.17. The van der Waals surface area contributed by atoms with Crippen molar-refractivity contribution in [1.82, 2.24) is 4.90 Å². The third-order valence-electron chi connectivity index (χ3n) is 3.11. The van der Waals surface area contributed by atoms with Crippen molar-refractivity contribution in [2.45, 2.75) is 13.3 Å². The number of benzene rings is 1. The maximum atomic E-state index is 12.2. The zero-order valence-corrected chi connectivity index (χ0v) is 14.9. The van der Waals surface area contributed by atoms with Gasteiger partial charge in [-0.25, -0.2) is 0 Å². The lowest BCUT2D eigenvalue weighted by Crippen LogP contribution is -2.33. The number of aliphatic carboxylic acids is 1. The number of carboxylic acids is 1. The van der Waals surface area contributed by atoms with E-state index < -0.39 is 18.4 Å². The molecule has 1 aliphatic heterocycles. The minimum Gasteiger partial charge on any atom is -0.493 e. The highest BCUT2D eigenvalue weighted by molar-refractivity contribution is 8.26. The van der Waals surface area contributed by atoms with Crippen LogP contribution in [0.2, 0.25) is 0 Å². The van der Waals surface area contributed by atoms with Crippen LogP contribution in [0.1, 0.15) is 18.9 Å². The topological polar surface area (TPSA) is 76.1 Å². The van der Waals surface area contributed by atoms with Crippen molar-refractivity contribution in [2.24, 2.45) is 0 Å². The third-order valence-corrected chi connectivity index (χ3v) is 4.49. The van der Waals surface area contributed by atoms with Crippen LogP contribution in [0.15, 0.2) is 23.1 Å². The number of rotatable bonds is 7. The first kappa shape index (κ1) is 18.3. The normalized spacial score (nSPS) is 15.9. The molecule has 1 fully saturated rings. The highest BCUT2D eigenvalue weighted by Gasteiger charge is 2.33. The molecule has 0 bridgehead atoms. The van der Waals surface area contributed by atoms with Gasteiger partial charge in [-0.1, -0.05) is 37.0 Å². The van der Waals surface area contributed by atoms with Crippen molar-refractivity contribution < 1.29 is 24.2 Å². The number of ether oxygens (including phenoxy) is 2. The molecule has 0 atom stereocenters. The predicted molar refractivity (Wildman–Crippen MR) is 96.3 cm³/mol. The maximum Gasteiger partial charge on any atom is 0.323 e. The van der Waals surface area contributed by atoms with E-state index in [0.717, 1.165) is 28.6 Å². The number of thiocarbonyl (C=S) groups is 1. The molecule has 1 N–H and O–H groups in total. The predicted octanol–water partition coefficient (Wildman–Crippen LogP) is 2.77. The van der Waals surface area contributed by atoms with E-state index in [9.17, 15) is 9.59 Å². The average molecular weight is 367 g/mol. The van der Waals surface area contributed by atoms with Gasteiger partial charge in [-0.15, -0.1) is 0 Å². The number of thioether (sulfide) groups is 1. The van der Waals surface area contributed by atoms with Crippen molar-refractivity contribution >= 4 is 46.3 Å². The van der Waals surface area contributed by atoms with E-state index in [-0.39, 0.29) is 4.32 Å². The minimum atomic E-state index is -1.10. The number of carboxylic acid groups (broad SMARTS) is 1. The van der Waals surface area contributed by atoms with E-state index in [4.69, 9.17) is 26.8 Å². The van der Waals surface area contributed by atoms with Gasteiger partial charge < -0.3 is 14.6 Å². The standard InChI is InChI=1S/C16H17NO5S2/c1-3-6-22-11-5-4-10(7-12(11)21-2)8-13-15(20)17(9-14(18)19)16(23)24-13/h4-5,7-8H,3,6,9H2,1-2H3,(H,18,19). The Labute approximate surface area is 149 Å². The summed E-state index contributed by atoms with van der Waals surface area (Å²) in [5, 5.41) is 8.84. The van der Waals surface area contributed by atoms with Crippen molar-refractivity contribution in [3.05, 3.63) is 28.7 Å². The fraction of sp³-hybridized carbons (Fsp3) is 0.312. The summed E-state index contributed by atoms with van der Waals surface area (Å²) in [6, 6.07) is 5.34. The first-order valence-corrected chi connectivity index (χ1v) is 8.46. The van der Waals surface area contributed by atoms with E-state index in [0.29, 0.717) is 23.0 Å². The van der Waals surface area contributed by atoms with Crippen LogP contribution in [-0.4, -0.2) is 46.5 Å². The monoisotopic (exact) mass is 367 g/mol. The molecular weight excluding hydrogens is 350 g/mol. The van der Waals surface area contributed by atoms with E-state index >= 15 is 0 Å². The molecule has 1 amide bonds. The van der Waals surface area contributed by atoms with Crippen molar-refractivity contribution in [3.63, 3.8) is 0 Å². The molecule has 0 spiro atoms. The van der Waals surface area contributed by atoms with Crippen LogP contribution in [-0.2, 0) is 9.59 Å². The molecule has 1 aromatic rings. The second-order valence-corrected chi connectivity index (χ2v) is 6.60. The van der Waals surface area contributed by atoms with E-state index in [1.165, 1.54) is 0 Å². The van der Waals surface area contributed by atoms with Gasteiger partial charge in [0, 0.05) is 0 Å². The lowest BCUT2D eigenvalue weighted by Gasteiger charge is -2.11. The number of amides is 1. The summed E-state index contributed by atoms with van der Waals surface area (Å²) in [5.41, 5.74) is 0.742. The molecule has 128 valence electrons. The lowest BCUT2D eigenvalue weighted by atomic mass is 10.2. The Bertz CT molecular complexity index is 702. The summed E-state index contributed by atoms with van der Waals surface area (Å²) in [5.74, 6) is -0.308. The van der Waals surface area contributed by atoms with Crippen molar-refractivity contribution in [2.75, 3.05) is 20.3 Å². The van der Waals surface area contributed by atoms with Gasteiger partial charge >= 0.3 is 5.97 Å². The quantitative estimate of drug-likeness (QED) is 0.586. The fourth-order valence-electron chi connectivity index (χ4n) is 2.03. The molecule has 1 heterocycles. The van der Waals surface area contributed by atoms with Gasteiger partial charge in [0.15, 0.2) is 11.5 Å². The molecule has 24 heavy (non-hydrogen) atoms. The number of carbonyl (C=O) groups excluding carboxylic acids is 1. The molecule has 1 saturated heterocycles. The van der Waals surface area contributed by atoms with Gasteiger partial charge in [0.2, 0.25) is 0 Å². The van der Waals surface area contributed by atoms with Crippen LogP contribution < -0.4 is 9.47 Å². The summed E-state index contributed by atoms with van der Waals surface area (Å²) < 4.78 is 11.1. The van der Waals surface area contributed by atoms with Crippen LogP contribution in [0, 0.1) is 0 Å². The van der Waals surface area contributed by atoms with Crippen LogP contribution in [0.4, 0.5) is 0 Å². The Hall–Kier alpha value is -2.06. The lowest BCUT2D eigenvalue weighted by molar-refractivity contribution is -0.140. The second-order valence-electron chi connectivity index (χ2n) is 4.92. The Balaban J connectivity index is 2.23. The number of methoxy groups -OCH3 is 1. The third kappa shape index (κ3) is 4.27. The van der Waals surface area contributed by atoms with Gasteiger partial charge in [0.1, 0.15) is 10.9 Å². The molecular formula is C16H17NO5S2. The van der Waals surface area contributed by atoms with Gasteiger partial charge in [-0.05, 0) is 30.2 Å². The van der Waals surface area contributed by atoms with Crippen molar-refractivity contribution in [3.8, 4) is 11.5 Å². The van der Waals surface area contributed by atoms with E-state index in [2.05, 4.69) is 0 Å². The molecule has 0 aliphatic carbocycles. The Kier molecular flexibility index (Phi) is 6.22. The van der Waals surface area contributed by atoms with Crippen LogP contribution in [0.3, 0.4) is 0 Å². The number of nitrogens with zero attached hydrogens (tertiary/aromatic N) is 1. The molecule has 1 aromatic carbocycles. The van der Waals surface area contributed by atoms with Crippen molar-refractivity contribution in [1.29, 1.82) is 0 Å². The van der Waals surface area contributed by atoms with E-state index in [1.807, 2.05) is 6.92 Å². The fourth-order valence-corrected chi connectivity index (χ4v) is 3.28. The molecule has 0 aromatic heterocycles. The van der Waals surface area contributed by atoms with Gasteiger partial charge in [-0.2, -0.15) is 0 Å². The first-order valence-electron chi connectivity index (χ1n) is 7.24. The summed E-state index contributed by atoms with van der Waals surface area (Å²) >= 11 is 6.15. The molecule has 1 aliphatic rings. The van der Waals surface area contributed by atoms with E-state index in [1.54, 1.807) is 31.4 Å². The smallest absolute Gasteiger partial charge is 0.323 e. The summed E-state index contributed by atoms with van der Waals surface area (Å²) in [4.78, 5) is 24.5. The Morgan fingerprint density at radius 2 is 2.17 bits per heavy atom. The zero-order chi connectivity index (χ0) is 17.7. The molecule has 2 rings (SSSR count). The van der Waals surface area contributed by atoms with Crippen LogP contribution >= 0.6 is 24.0 Å².